The standard InChI is InChI=1S/C26H52N2/c1-4-7-9-11-12-13-14-15-16-17-18-19-21-23-28-25-24-27(6-3)26(28)22-20-10-8-5-2/h24-26H,4-23H2,1-3H3. The Morgan fingerprint density at radius 2 is 0.929 bits per heavy atom. The molecule has 1 aliphatic heterocycles. The van der Waals surface area contributed by atoms with Crippen LogP contribution in [0.1, 0.15) is 136 Å². The molecule has 0 bridgehead atoms. The average molecular weight is 393 g/mol. The van der Waals surface area contributed by atoms with E-state index in [1.807, 2.05) is 0 Å². The molecule has 1 unspecified atom stereocenters. The summed E-state index contributed by atoms with van der Waals surface area (Å²) in [4.78, 5) is 5.15. The maximum absolute atomic E-state index is 2.62. The van der Waals surface area contributed by atoms with Crippen molar-refractivity contribution in [2.45, 2.75) is 143 Å². The molecule has 0 N–H and O–H groups in total. The molecule has 0 aliphatic carbocycles. The highest BCUT2D eigenvalue weighted by Crippen LogP contribution is 2.22. The largest absolute Gasteiger partial charge is 0.356 e. The van der Waals surface area contributed by atoms with E-state index in [0.717, 1.165) is 6.54 Å². The van der Waals surface area contributed by atoms with Gasteiger partial charge in [-0.15, -0.1) is 0 Å². The first-order valence-corrected chi connectivity index (χ1v) is 13.0. The van der Waals surface area contributed by atoms with Crippen molar-refractivity contribution >= 4 is 0 Å². The zero-order valence-electron chi connectivity index (χ0n) is 19.8. The van der Waals surface area contributed by atoms with Crippen molar-refractivity contribution < 1.29 is 0 Å². The SMILES string of the molecule is CCCCCCCCCCCCCCCN1C=CN(CC)C1CCCCCC. The highest BCUT2D eigenvalue weighted by molar-refractivity contribution is 4.96. The highest BCUT2D eigenvalue weighted by Gasteiger charge is 2.23. The molecule has 0 aromatic heterocycles. The van der Waals surface area contributed by atoms with Gasteiger partial charge in [0.1, 0.15) is 6.17 Å². The van der Waals surface area contributed by atoms with Crippen molar-refractivity contribution in [1.29, 1.82) is 0 Å². The maximum Gasteiger partial charge on any atom is 0.101 e. The number of unbranched alkanes of at least 4 members (excludes halogenated alkanes) is 15. The lowest BCUT2D eigenvalue weighted by Gasteiger charge is -2.32. The molecular formula is C26H52N2. The molecule has 1 aliphatic rings. The van der Waals surface area contributed by atoms with E-state index in [1.54, 1.807) is 0 Å². The average Bonchev–Trinajstić information content (AvgIpc) is 3.10. The summed E-state index contributed by atoms with van der Waals surface area (Å²) < 4.78 is 0. The molecule has 1 heterocycles. The number of nitrogens with zero attached hydrogens (tertiary/aromatic N) is 2. The predicted octanol–water partition coefficient (Wildman–Crippen LogP) is 8.48. The molecule has 166 valence electrons. The van der Waals surface area contributed by atoms with Crippen molar-refractivity contribution in [1.82, 2.24) is 9.80 Å². The number of hydrogen-bond donors (Lipinski definition) is 0. The third-order valence-corrected chi connectivity index (χ3v) is 6.42. The molecule has 0 aromatic carbocycles. The summed E-state index contributed by atoms with van der Waals surface area (Å²) in [7, 11) is 0. The van der Waals surface area contributed by atoms with Gasteiger partial charge in [0.2, 0.25) is 0 Å². The summed E-state index contributed by atoms with van der Waals surface area (Å²) in [5.74, 6) is 0. The summed E-state index contributed by atoms with van der Waals surface area (Å²) in [5.41, 5.74) is 0. The molecule has 2 nitrogen and oxygen atoms in total. The van der Waals surface area contributed by atoms with Gasteiger partial charge >= 0.3 is 0 Å². The van der Waals surface area contributed by atoms with Crippen molar-refractivity contribution in [3.05, 3.63) is 12.4 Å². The van der Waals surface area contributed by atoms with Gasteiger partial charge in [-0.2, -0.15) is 0 Å². The van der Waals surface area contributed by atoms with Crippen LogP contribution in [-0.4, -0.2) is 29.1 Å². The Bertz CT molecular complexity index is 352. The summed E-state index contributed by atoms with van der Waals surface area (Å²) in [6.45, 7) is 9.29. The van der Waals surface area contributed by atoms with Crippen LogP contribution in [0, 0.1) is 0 Å². The smallest absolute Gasteiger partial charge is 0.101 e. The first-order chi connectivity index (χ1) is 13.8. The molecule has 0 saturated heterocycles. The van der Waals surface area contributed by atoms with Crippen LogP contribution in [-0.2, 0) is 0 Å². The number of hydrogen-bond acceptors (Lipinski definition) is 2. The van der Waals surface area contributed by atoms with Gasteiger partial charge in [-0.25, -0.2) is 0 Å². The topological polar surface area (TPSA) is 6.48 Å². The van der Waals surface area contributed by atoms with Crippen LogP contribution in [0.5, 0.6) is 0 Å². The summed E-state index contributed by atoms with van der Waals surface area (Å²) in [6.07, 6.45) is 30.9. The fraction of sp³-hybridized carbons (Fsp3) is 0.923. The van der Waals surface area contributed by atoms with Gasteiger partial charge in [-0.1, -0.05) is 110 Å². The van der Waals surface area contributed by atoms with Crippen molar-refractivity contribution in [3.63, 3.8) is 0 Å². The van der Waals surface area contributed by atoms with Crippen LogP contribution >= 0.6 is 0 Å². The quantitative estimate of drug-likeness (QED) is 0.192. The summed E-state index contributed by atoms with van der Waals surface area (Å²) in [6, 6.07) is 0. The maximum atomic E-state index is 2.62. The van der Waals surface area contributed by atoms with E-state index in [1.165, 1.54) is 122 Å². The Morgan fingerprint density at radius 1 is 0.500 bits per heavy atom. The van der Waals surface area contributed by atoms with Crippen molar-refractivity contribution in [2.24, 2.45) is 0 Å². The van der Waals surface area contributed by atoms with Crippen LogP contribution in [0.2, 0.25) is 0 Å². The molecule has 1 atom stereocenters. The van der Waals surface area contributed by atoms with Crippen LogP contribution in [0.15, 0.2) is 12.4 Å². The second-order valence-electron chi connectivity index (χ2n) is 8.94. The lowest BCUT2D eigenvalue weighted by Crippen LogP contribution is -2.38. The minimum absolute atomic E-state index is 0.638. The van der Waals surface area contributed by atoms with Gasteiger partial charge in [0.05, 0.1) is 0 Å². The zero-order chi connectivity index (χ0) is 20.3. The molecule has 0 aromatic rings. The van der Waals surface area contributed by atoms with Gasteiger partial charge in [0.25, 0.3) is 0 Å². The zero-order valence-corrected chi connectivity index (χ0v) is 19.8. The van der Waals surface area contributed by atoms with Gasteiger partial charge in [0, 0.05) is 25.5 Å². The van der Waals surface area contributed by atoms with Crippen LogP contribution in [0.4, 0.5) is 0 Å². The van der Waals surface area contributed by atoms with Crippen LogP contribution < -0.4 is 0 Å². The Labute approximate surface area is 178 Å². The van der Waals surface area contributed by atoms with Crippen LogP contribution in [0.25, 0.3) is 0 Å². The Morgan fingerprint density at radius 3 is 1.43 bits per heavy atom. The molecular weight excluding hydrogens is 340 g/mol. The van der Waals surface area contributed by atoms with Gasteiger partial charge in [-0.3, -0.25) is 0 Å². The van der Waals surface area contributed by atoms with Gasteiger partial charge < -0.3 is 9.80 Å². The van der Waals surface area contributed by atoms with E-state index >= 15 is 0 Å². The highest BCUT2D eigenvalue weighted by atomic mass is 15.4. The lowest BCUT2D eigenvalue weighted by molar-refractivity contribution is 0.142. The number of rotatable bonds is 20. The predicted molar refractivity (Wildman–Crippen MR) is 126 cm³/mol. The third kappa shape index (κ3) is 12.0. The molecule has 1 rings (SSSR count). The summed E-state index contributed by atoms with van der Waals surface area (Å²) in [5, 5.41) is 0. The Balaban J connectivity index is 1.97. The monoisotopic (exact) mass is 392 g/mol. The van der Waals surface area contributed by atoms with E-state index in [4.69, 9.17) is 0 Å². The molecule has 0 amide bonds. The van der Waals surface area contributed by atoms with E-state index in [2.05, 4.69) is 43.0 Å². The molecule has 0 spiro atoms. The van der Waals surface area contributed by atoms with Crippen LogP contribution in [0.3, 0.4) is 0 Å². The fourth-order valence-corrected chi connectivity index (χ4v) is 4.50. The second kappa shape index (κ2) is 18.4. The molecule has 0 radical (unpaired) electrons. The first-order valence-electron chi connectivity index (χ1n) is 13.0. The van der Waals surface area contributed by atoms with Crippen molar-refractivity contribution in [3.8, 4) is 0 Å². The third-order valence-electron chi connectivity index (χ3n) is 6.42. The molecule has 28 heavy (non-hydrogen) atoms. The molecule has 2 heteroatoms. The normalized spacial score (nSPS) is 16.5. The fourth-order valence-electron chi connectivity index (χ4n) is 4.50. The van der Waals surface area contributed by atoms with E-state index in [9.17, 15) is 0 Å². The second-order valence-corrected chi connectivity index (χ2v) is 8.94. The van der Waals surface area contributed by atoms with Gasteiger partial charge in [-0.05, 0) is 26.2 Å². The van der Waals surface area contributed by atoms with E-state index < -0.39 is 0 Å². The lowest BCUT2D eigenvalue weighted by atomic mass is 10.0. The Hall–Kier alpha value is -0.660. The van der Waals surface area contributed by atoms with E-state index in [-0.39, 0.29) is 0 Å². The molecule has 0 fully saturated rings. The minimum atomic E-state index is 0.638. The van der Waals surface area contributed by atoms with Crippen molar-refractivity contribution in [2.75, 3.05) is 13.1 Å². The first kappa shape index (κ1) is 25.4. The molecule has 0 saturated carbocycles. The van der Waals surface area contributed by atoms with Gasteiger partial charge in [0.15, 0.2) is 0 Å². The van der Waals surface area contributed by atoms with E-state index in [0.29, 0.717) is 6.17 Å². The minimum Gasteiger partial charge on any atom is -0.356 e. The summed E-state index contributed by atoms with van der Waals surface area (Å²) >= 11 is 0. The Kier molecular flexibility index (Phi) is 16.7.